The topological polar surface area (TPSA) is 96.6 Å². The summed E-state index contributed by atoms with van der Waals surface area (Å²) >= 11 is 0. The maximum absolute atomic E-state index is 13.7. The van der Waals surface area contributed by atoms with Crippen molar-refractivity contribution in [3.63, 3.8) is 0 Å². The molecule has 0 aliphatic carbocycles. The summed E-state index contributed by atoms with van der Waals surface area (Å²) in [5.74, 6) is -2.41. The number of furan rings is 1. The molecule has 0 aliphatic heterocycles. The summed E-state index contributed by atoms with van der Waals surface area (Å²) in [4.78, 5) is 11.1. The third kappa shape index (κ3) is 2.50. The van der Waals surface area contributed by atoms with Crippen molar-refractivity contribution in [2.24, 2.45) is 0 Å². The molecule has 0 fully saturated rings. The molecule has 0 amide bonds. The number of aryl methyl sites for hydroxylation is 1. The van der Waals surface area contributed by atoms with Crippen LogP contribution >= 0.6 is 0 Å². The minimum Gasteiger partial charge on any atom is -0.478 e. The summed E-state index contributed by atoms with van der Waals surface area (Å²) in [6, 6.07) is 4.75. The summed E-state index contributed by atoms with van der Waals surface area (Å²) in [6.07, 6.45) is 1.14. The quantitative estimate of drug-likeness (QED) is 0.902. The Balaban J connectivity index is 2.55. The van der Waals surface area contributed by atoms with Gasteiger partial charge in [0.2, 0.25) is 5.09 Å². The van der Waals surface area contributed by atoms with Gasteiger partial charge in [0.25, 0.3) is 10.0 Å². The average molecular weight is 299 g/mol. The number of carboxylic acids is 1. The van der Waals surface area contributed by atoms with E-state index < -0.39 is 38.2 Å². The second kappa shape index (κ2) is 4.97. The van der Waals surface area contributed by atoms with E-state index in [9.17, 15) is 17.6 Å². The molecule has 6 nitrogen and oxygen atoms in total. The van der Waals surface area contributed by atoms with Crippen LogP contribution in [0.25, 0.3) is 0 Å². The molecule has 0 saturated heterocycles. The second-order valence-corrected chi connectivity index (χ2v) is 5.57. The number of anilines is 1. The number of hydrogen-bond acceptors (Lipinski definition) is 4. The molecule has 20 heavy (non-hydrogen) atoms. The monoisotopic (exact) mass is 299 g/mol. The first-order valence-corrected chi connectivity index (χ1v) is 6.90. The van der Waals surface area contributed by atoms with Gasteiger partial charge in [-0.3, -0.25) is 4.72 Å². The van der Waals surface area contributed by atoms with Crippen LogP contribution in [-0.4, -0.2) is 19.5 Å². The van der Waals surface area contributed by atoms with Gasteiger partial charge in [-0.15, -0.1) is 0 Å². The van der Waals surface area contributed by atoms with Crippen LogP contribution in [0.3, 0.4) is 0 Å². The number of carboxylic acid groups (broad SMARTS) is 1. The molecule has 106 valence electrons. The van der Waals surface area contributed by atoms with Crippen LogP contribution in [0.15, 0.2) is 40.0 Å². The lowest BCUT2D eigenvalue weighted by molar-refractivity contribution is 0.0697. The number of carbonyl (C=O) groups is 1. The van der Waals surface area contributed by atoms with Crippen LogP contribution in [0, 0.1) is 12.7 Å². The fraction of sp³-hybridized carbons (Fsp3) is 0.0833. The molecule has 1 aromatic carbocycles. The highest BCUT2D eigenvalue weighted by Gasteiger charge is 2.24. The number of benzene rings is 1. The maximum Gasteiger partial charge on any atom is 0.338 e. The molecule has 2 aromatic rings. The van der Waals surface area contributed by atoms with Gasteiger partial charge in [-0.25, -0.2) is 9.18 Å². The van der Waals surface area contributed by atoms with Gasteiger partial charge in [0.15, 0.2) is 0 Å². The zero-order valence-electron chi connectivity index (χ0n) is 10.3. The largest absolute Gasteiger partial charge is 0.478 e. The molecular formula is C12H10FNO5S. The van der Waals surface area contributed by atoms with Crippen molar-refractivity contribution in [3.05, 3.63) is 47.5 Å². The van der Waals surface area contributed by atoms with Crippen molar-refractivity contribution in [2.45, 2.75) is 12.0 Å². The molecular weight excluding hydrogens is 289 g/mol. The number of nitrogens with one attached hydrogen (secondary N) is 1. The Morgan fingerprint density at radius 1 is 1.35 bits per heavy atom. The van der Waals surface area contributed by atoms with E-state index in [2.05, 4.69) is 0 Å². The van der Waals surface area contributed by atoms with Crippen LogP contribution in [-0.2, 0) is 10.0 Å². The molecule has 1 heterocycles. The van der Waals surface area contributed by atoms with E-state index in [1.54, 1.807) is 0 Å². The average Bonchev–Trinajstić information content (AvgIpc) is 2.87. The van der Waals surface area contributed by atoms with Crippen molar-refractivity contribution in [3.8, 4) is 0 Å². The highest BCUT2D eigenvalue weighted by molar-refractivity contribution is 7.92. The zero-order chi connectivity index (χ0) is 14.9. The first kappa shape index (κ1) is 14.1. The van der Waals surface area contributed by atoms with Gasteiger partial charge in [0.05, 0.1) is 17.5 Å². The van der Waals surface area contributed by atoms with Crippen LogP contribution in [0.5, 0.6) is 0 Å². The first-order chi connectivity index (χ1) is 9.33. The molecule has 0 saturated carbocycles. The van der Waals surface area contributed by atoms with E-state index in [0.29, 0.717) is 0 Å². The Bertz CT molecular complexity index is 752. The lowest BCUT2D eigenvalue weighted by atomic mass is 10.1. The van der Waals surface area contributed by atoms with Crippen molar-refractivity contribution in [1.29, 1.82) is 0 Å². The smallest absolute Gasteiger partial charge is 0.338 e. The number of rotatable bonds is 4. The fourth-order valence-corrected chi connectivity index (χ4v) is 2.67. The summed E-state index contributed by atoms with van der Waals surface area (Å²) in [7, 11) is -4.19. The van der Waals surface area contributed by atoms with Crippen molar-refractivity contribution in [2.75, 3.05) is 4.72 Å². The molecule has 8 heteroatoms. The molecule has 0 unspecified atom stereocenters. The summed E-state index contributed by atoms with van der Waals surface area (Å²) < 4.78 is 44.2. The molecule has 0 aliphatic rings. The van der Waals surface area contributed by atoms with Gasteiger partial charge in [-0.2, -0.15) is 8.42 Å². The molecule has 0 radical (unpaired) electrons. The Labute approximate surface area is 113 Å². The van der Waals surface area contributed by atoms with Crippen LogP contribution in [0.4, 0.5) is 10.1 Å². The lowest BCUT2D eigenvalue weighted by Gasteiger charge is -2.12. The first-order valence-electron chi connectivity index (χ1n) is 5.41. The SMILES string of the molecule is Cc1ccc(F)c(NS(=O)(=O)c2ccco2)c1C(=O)O. The Kier molecular flexibility index (Phi) is 3.49. The minimum absolute atomic E-state index is 0.232. The summed E-state index contributed by atoms with van der Waals surface area (Å²) in [5, 5.41) is 8.64. The second-order valence-electron chi connectivity index (χ2n) is 3.96. The summed E-state index contributed by atoms with van der Waals surface area (Å²) in [6.45, 7) is 1.44. The number of halogens is 1. The predicted octanol–water partition coefficient (Wildman–Crippen LogP) is 2.23. The molecule has 1 aromatic heterocycles. The third-order valence-electron chi connectivity index (χ3n) is 2.57. The van der Waals surface area contributed by atoms with Gasteiger partial charge >= 0.3 is 5.97 Å². The molecule has 0 atom stereocenters. The standard InChI is InChI=1S/C12H10FNO5S/c1-7-4-5-8(13)11(10(7)12(15)16)14-20(17,18)9-3-2-6-19-9/h2-6,14H,1H3,(H,15,16). The van der Waals surface area contributed by atoms with Gasteiger partial charge in [0, 0.05) is 0 Å². The molecule has 0 bridgehead atoms. The van der Waals surface area contributed by atoms with E-state index in [-0.39, 0.29) is 5.56 Å². The van der Waals surface area contributed by atoms with Crippen LogP contribution in [0.1, 0.15) is 15.9 Å². The number of sulfonamides is 1. The Hall–Kier alpha value is -2.35. The van der Waals surface area contributed by atoms with Crippen molar-refractivity contribution >= 4 is 21.7 Å². The van der Waals surface area contributed by atoms with E-state index in [0.717, 1.165) is 18.4 Å². The van der Waals surface area contributed by atoms with E-state index >= 15 is 0 Å². The van der Waals surface area contributed by atoms with Crippen LogP contribution < -0.4 is 4.72 Å². The Morgan fingerprint density at radius 3 is 2.60 bits per heavy atom. The molecule has 2 rings (SSSR count). The van der Waals surface area contributed by atoms with E-state index in [1.807, 2.05) is 4.72 Å². The highest BCUT2D eigenvalue weighted by atomic mass is 32.2. The number of hydrogen-bond donors (Lipinski definition) is 2. The molecule has 2 N–H and O–H groups in total. The fourth-order valence-electron chi connectivity index (χ4n) is 1.66. The normalized spacial score (nSPS) is 11.3. The molecule has 0 spiro atoms. The Morgan fingerprint density at radius 2 is 2.05 bits per heavy atom. The van der Waals surface area contributed by atoms with E-state index in [4.69, 9.17) is 9.52 Å². The minimum atomic E-state index is -4.19. The van der Waals surface area contributed by atoms with Gasteiger partial charge in [0.1, 0.15) is 5.82 Å². The number of aromatic carboxylic acids is 1. The predicted molar refractivity (Wildman–Crippen MR) is 67.6 cm³/mol. The summed E-state index contributed by atoms with van der Waals surface area (Å²) in [5.41, 5.74) is -0.829. The zero-order valence-corrected chi connectivity index (χ0v) is 11.1. The highest BCUT2D eigenvalue weighted by Crippen LogP contribution is 2.26. The van der Waals surface area contributed by atoms with E-state index in [1.165, 1.54) is 19.1 Å². The van der Waals surface area contributed by atoms with Crippen molar-refractivity contribution in [1.82, 2.24) is 0 Å². The maximum atomic E-state index is 13.7. The van der Waals surface area contributed by atoms with Gasteiger partial charge in [-0.1, -0.05) is 6.07 Å². The van der Waals surface area contributed by atoms with Crippen LogP contribution in [0.2, 0.25) is 0 Å². The third-order valence-corrected chi connectivity index (χ3v) is 3.81. The van der Waals surface area contributed by atoms with Gasteiger partial charge < -0.3 is 9.52 Å². The van der Waals surface area contributed by atoms with Gasteiger partial charge in [-0.05, 0) is 30.7 Å². The van der Waals surface area contributed by atoms with Crippen molar-refractivity contribution < 1.29 is 27.1 Å². The lowest BCUT2D eigenvalue weighted by Crippen LogP contribution is -2.17.